The average molecular weight is 350 g/mol. The molecule has 0 radical (unpaired) electrons. The molecule has 132 valence electrons. The minimum Gasteiger partial charge on any atom is -0.305 e. The van der Waals surface area contributed by atoms with Crippen molar-refractivity contribution >= 4 is 0 Å². The van der Waals surface area contributed by atoms with E-state index in [-0.39, 0.29) is 11.4 Å². The third-order valence-electron chi connectivity index (χ3n) is 4.67. The molecule has 2 aromatic heterocycles. The lowest BCUT2D eigenvalue weighted by Gasteiger charge is -2.19. The Labute approximate surface area is 150 Å². The van der Waals surface area contributed by atoms with Gasteiger partial charge in [0.2, 0.25) is 0 Å². The number of nitrogens with one attached hydrogen (secondary N) is 1. The second-order valence-corrected chi connectivity index (χ2v) is 6.46. The zero-order chi connectivity index (χ0) is 17.9. The highest BCUT2D eigenvalue weighted by Crippen LogP contribution is 2.16. The quantitative estimate of drug-likeness (QED) is 0.789. The van der Waals surface area contributed by atoms with E-state index in [1.54, 1.807) is 18.3 Å². The summed E-state index contributed by atoms with van der Waals surface area (Å²) in [6, 6.07) is 12.1. The van der Waals surface area contributed by atoms with Crippen LogP contribution in [0.1, 0.15) is 16.8 Å². The Hall–Kier alpha value is -2.86. The van der Waals surface area contributed by atoms with E-state index in [4.69, 9.17) is 0 Å². The molecule has 3 aromatic rings. The molecule has 0 saturated carbocycles. The fraction of sp³-hybridized carbons (Fsp3) is 0.250. The SMILES string of the molecule is O=c1[nH]c(-c2ccccn2)nc2c1CCN(Cc1ccc(F)cc1)CC2. The Balaban J connectivity index is 1.55. The number of rotatable bonds is 3. The van der Waals surface area contributed by atoms with Crippen molar-refractivity contribution in [3.63, 3.8) is 0 Å². The van der Waals surface area contributed by atoms with E-state index in [0.29, 0.717) is 24.4 Å². The molecule has 0 saturated heterocycles. The maximum atomic E-state index is 13.1. The molecule has 3 heterocycles. The molecule has 4 rings (SSSR count). The molecule has 0 bridgehead atoms. The van der Waals surface area contributed by atoms with Crippen LogP contribution in [-0.2, 0) is 19.4 Å². The molecule has 0 aliphatic carbocycles. The first-order valence-electron chi connectivity index (χ1n) is 8.69. The molecular weight excluding hydrogens is 331 g/mol. The average Bonchev–Trinajstić information content (AvgIpc) is 2.87. The Morgan fingerprint density at radius 1 is 1.08 bits per heavy atom. The standard InChI is InChI=1S/C20H19FN4O/c21-15-6-4-14(5-7-15)13-25-11-8-16-17(9-12-25)23-19(24-20(16)26)18-3-1-2-10-22-18/h1-7,10H,8-9,11-13H2,(H,23,24,26). The summed E-state index contributed by atoms with van der Waals surface area (Å²) in [6.45, 7) is 2.32. The fourth-order valence-electron chi connectivity index (χ4n) is 3.29. The first kappa shape index (κ1) is 16.6. The van der Waals surface area contributed by atoms with Gasteiger partial charge in [0.1, 0.15) is 11.5 Å². The predicted molar refractivity (Wildman–Crippen MR) is 97.2 cm³/mol. The second-order valence-electron chi connectivity index (χ2n) is 6.46. The number of halogens is 1. The van der Waals surface area contributed by atoms with Gasteiger partial charge >= 0.3 is 0 Å². The van der Waals surface area contributed by atoms with Crippen molar-refractivity contribution in [3.8, 4) is 11.5 Å². The van der Waals surface area contributed by atoms with E-state index in [2.05, 4.69) is 19.9 Å². The van der Waals surface area contributed by atoms with Crippen LogP contribution in [0.3, 0.4) is 0 Å². The summed E-state index contributed by atoms with van der Waals surface area (Å²) in [7, 11) is 0. The third-order valence-corrected chi connectivity index (χ3v) is 4.67. The van der Waals surface area contributed by atoms with Crippen LogP contribution in [0.25, 0.3) is 11.5 Å². The summed E-state index contributed by atoms with van der Waals surface area (Å²) < 4.78 is 13.1. The molecule has 5 nitrogen and oxygen atoms in total. The summed E-state index contributed by atoms with van der Waals surface area (Å²) in [4.78, 5) is 26.6. The number of H-pyrrole nitrogens is 1. The lowest BCUT2D eigenvalue weighted by Crippen LogP contribution is -2.26. The highest BCUT2D eigenvalue weighted by atomic mass is 19.1. The van der Waals surface area contributed by atoms with E-state index in [1.807, 2.05) is 18.2 Å². The number of fused-ring (bicyclic) bond motifs is 1. The molecule has 0 spiro atoms. The maximum absolute atomic E-state index is 13.1. The van der Waals surface area contributed by atoms with Gasteiger partial charge in [-0.15, -0.1) is 0 Å². The van der Waals surface area contributed by atoms with Crippen LogP contribution in [0.15, 0.2) is 53.5 Å². The van der Waals surface area contributed by atoms with Crippen molar-refractivity contribution in [2.75, 3.05) is 13.1 Å². The third kappa shape index (κ3) is 3.55. The summed E-state index contributed by atoms with van der Waals surface area (Å²) in [5, 5.41) is 0. The van der Waals surface area contributed by atoms with E-state index in [0.717, 1.165) is 36.5 Å². The Morgan fingerprint density at radius 3 is 2.65 bits per heavy atom. The van der Waals surface area contributed by atoms with Gasteiger partial charge in [-0.1, -0.05) is 18.2 Å². The number of hydrogen-bond donors (Lipinski definition) is 1. The monoisotopic (exact) mass is 350 g/mol. The Bertz CT molecular complexity index is 954. The van der Waals surface area contributed by atoms with Crippen molar-refractivity contribution in [1.82, 2.24) is 19.9 Å². The number of pyridine rings is 1. The normalized spacial score (nSPS) is 14.7. The molecule has 26 heavy (non-hydrogen) atoms. The van der Waals surface area contributed by atoms with Crippen molar-refractivity contribution in [2.45, 2.75) is 19.4 Å². The van der Waals surface area contributed by atoms with Gasteiger partial charge in [0, 0.05) is 37.8 Å². The first-order valence-corrected chi connectivity index (χ1v) is 8.69. The molecule has 0 amide bonds. The van der Waals surface area contributed by atoms with Gasteiger partial charge in [-0.2, -0.15) is 0 Å². The molecule has 0 fully saturated rings. The van der Waals surface area contributed by atoms with Crippen LogP contribution >= 0.6 is 0 Å². The molecule has 0 unspecified atom stereocenters. The van der Waals surface area contributed by atoms with Gasteiger partial charge in [0.15, 0.2) is 5.82 Å². The number of benzene rings is 1. The summed E-state index contributed by atoms with van der Waals surface area (Å²) in [6.07, 6.45) is 3.05. The van der Waals surface area contributed by atoms with E-state index >= 15 is 0 Å². The zero-order valence-corrected chi connectivity index (χ0v) is 14.3. The van der Waals surface area contributed by atoms with Crippen LogP contribution in [0, 0.1) is 5.82 Å². The number of aromatic nitrogens is 3. The topological polar surface area (TPSA) is 61.9 Å². The van der Waals surface area contributed by atoms with Crippen LogP contribution in [-0.4, -0.2) is 32.9 Å². The highest BCUT2D eigenvalue weighted by molar-refractivity contribution is 5.49. The first-order chi connectivity index (χ1) is 12.7. The van der Waals surface area contributed by atoms with E-state index < -0.39 is 0 Å². The molecule has 6 heteroatoms. The van der Waals surface area contributed by atoms with Crippen LogP contribution in [0.4, 0.5) is 4.39 Å². The molecule has 1 aliphatic heterocycles. The zero-order valence-electron chi connectivity index (χ0n) is 14.3. The maximum Gasteiger partial charge on any atom is 0.254 e. The summed E-state index contributed by atoms with van der Waals surface area (Å²) in [5.41, 5.74) is 3.25. The van der Waals surface area contributed by atoms with Crippen molar-refractivity contribution < 1.29 is 4.39 Å². The molecule has 1 aromatic carbocycles. The van der Waals surface area contributed by atoms with Crippen LogP contribution < -0.4 is 5.56 Å². The van der Waals surface area contributed by atoms with Crippen molar-refractivity contribution in [1.29, 1.82) is 0 Å². The molecule has 1 N–H and O–H groups in total. The molecule has 0 atom stereocenters. The van der Waals surface area contributed by atoms with Gasteiger partial charge in [0.25, 0.3) is 5.56 Å². The number of hydrogen-bond acceptors (Lipinski definition) is 4. The fourth-order valence-corrected chi connectivity index (χ4v) is 3.29. The van der Waals surface area contributed by atoms with Crippen molar-refractivity contribution in [2.24, 2.45) is 0 Å². The summed E-state index contributed by atoms with van der Waals surface area (Å²) in [5.74, 6) is 0.288. The van der Waals surface area contributed by atoms with Crippen LogP contribution in [0.5, 0.6) is 0 Å². The van der Waals surface area contributed by atoms with Gasteiger partial charge in [-0.05, 0) is 36.2 Å². The molecule has 1 aliphatic rings. The Morgan fingerprint density at radius 2 is 1.88 bits per heavy atom. The minimum atomic E-state index is -0.227. The largest absolute Gasteiger partial charge is 0.305 e. The second kappa shape index (κ2) is 7.17. The van der Waals surface area contributed by atoms with Crippen molar-refractivity contribution in [3.05, 3.63) is 81.7 Å². The number of nitrogens with zero attached hydrogens (tertiary/aromatic N) is 3. The minimum absolute atomic E-state index is 0.0840. The van der Waals surface area contributed by atoms with Gasteiger partial charge in [-0.3, -0.25) is 14.7 Å². The highest BCUT2D eigenvalue weighted by Gasteiger charge is 2.19. The van der Waals surface area contributed by atoms with E-state index in [9.17, 15) is 9.18 Å². The predicted octanol–water partition coefficient (Wildman–Crippen LogP) is 2.57. The van der Waals surface area contributed by atoms with Gasteiger partial charge in [-0.25, -0.2) is 9.37 Å². The lowest BCUT2D eigenvalue weighted by atomic mass is 10.1. The van der Waals surface area contributed by atoms with Crippen LogP contribution in [0.2, 0.25) is 0 Å². The van der Waals surface area contributed by atoms with Gasteiger partial charge in [0.05, 0.1) is 5.69 Å². The molecular formula is C20H19FN4O. The Kier molecular flexibility index (Phi) is 4.58. The lowest BCUT2D eigenvalue weighted by molar-refractivity contribution is 0.278. The summed E-state index contributed by atoms with van der Waals surface area (Å²) >= 11 is 0. The number of aromatic amines is 1. The smallest absolute Gasteiger partial charge is 0.254 e. The van der Waals surface area contributed by atoms with Gasteiger partial charge < -0.3 is 4.98 Å². The van der Waals surface area contributed by atoms with E-state index in [1.165, 1.54) is 12.1 Å².